The number of ether oxygens (including phenoxy) is 4. The summed E-state index contributed by atoms with van der Waals surface area (Å²) in [6.07, 6.45) is -1.61. The van der Waals surface area contributed by atoms with E-state index >= 15 is 0 Å². The van der Waals surface area contributed by atoms with Crippen molar-refractivity contribution in [3.05, 3.63) is 0 Å². The van der Waals surface area contributed by atoms with Gasteiger partial charge >= 0.3 is 0 Å². The van der Waals surface area contributed by atoms with E-state index in [1.165, 1.54) is 0 Å². The van der Waals surface area contributed by atoms with Crippen LogP contribution in [0.3, 0.4) is 0 Å². The minimum Gasteiger partial charge on any atom is -0.391 e. The fraction of sp³-hybridized carbons (Fsp3) is 1.00. The second kappa shape index (κ2) is 24.7. The lowest BCUT2D eigenvalue weighted by molar-refractivity contribution is 0.0197. The van der Waals surface area contributed by atoms with Crippen LogP contribution in [0.15, 0.2) is 0 Å². The van der Waals surface area contributed by atoms with E-state index < -0.39 is 24.4 Å². The van der Waals surface area contributed by atoms with Crippen molar-refractivity contribution in [2.45, 2.75) is 59.0 Å². The molecule has 10 nitrogen and oxygen atoms in total. The summed E-state index contributed by atoms with van der Waals surface area (Å²) in [6.45, 7) is 17.1. The van der Waals surface area contributed by atoms with E-state index in [1.54, 1.807) is 27.7 Å². The zero-order chi connectivity index (χ0) is 25.5. The van der Waals surface area contributed by atoms with Crippen molar-refractivity contribution >= 4 is 0 Å². The average Bonchev–Trinajstić information content (AvgIpc) is 2.73. The van der Waals surface area contributed by atoms with Crippen LogP contribution in [0.4, 0.5) is 0 Å². The molecule has 4 atom stereocenters. The molecule has 0 aliphatic heterocycles. The van der Waals surface area contributed by atoms with Gasteiger partial charge < -0.3 is 44.3 Å². The van der Waals surface area contributed by atoms with Crippen LogP contribution in [0.1, 0.15) is 34.6 Å². The van der Waals surface area contributed by atoms with Gasteiger partial charge in [0.2, 0.25) is 0 Å². The quantitative estimate of drug-likeness (QED) is 0.163. The Bertz CT molecular complexity index is 355. The van der Waals surface area contributed by atoms with Gasteiger partial charge in [-0.1, -0.05) is 6.92 Å². The number of aliphatic hydroxyl groups excluding tert-OH is 4. The summed E-state index contributed by atoms with van der Waals surface area (Å²) in [5.41, 5.74) is 0. The number of rotatable bonds is 21. The van der Waals surface area contributed by atoms with Gasteiger partial charge in [0.25, 0.3) is 0 Å². The topological polar surface area (TPSA) is 124 Å². The van der Waals surface area contributed by atoms with Gasteiger partial charge in [-0.15, -0.1) is 0 Å². The Balaban J connectivity index is 0. The predicted molar refractivity (Wildman–Crippen MR) is 130 cm³/mol. The molecule has 0 saturated heterocycles. The van der Waals surface area contributed by atoms with Gasteiger partial charge in [0.1, 0.15) is 0 Å². The molecule has 0 spiro atoms. The Morgan fingerprint density at radius 1 is 0.545 bits per heavy atom. The summed E-state index contributed by atoms with van der Waals surface area (Å²) in [4.78, 5) is 4.30. The Kier molecular flexibility index (Phi) is 26.0. The molecule has 0 fully saturated rings. The first-order chi connectivity index (χ1) is 15.6. The fourth-order valence-electron chi connectivity index (χ4n) is 2.38. The molecule has 202 valence electrons. The molecule has 10 heteroatoms. The number of hydrogen-bond donors (Lipinski definition) is 4. The lowest BCUT2D eigenvalue weighted by Crippen LogP contribution is -2.32. The molecule has 4 N–H and O–H groups in total. The number of hydrogen-bond acceptors (Lipinski definition) is 10. The molecule has 0 aromatic heterocycles. The van der Waals surface area contributed by atoms with E-state index in [0.29, 0.717) is 52.9 Å². The Labute approximate surface area is 201 Å². The molecule has 0 aromatic rings. The Hall–Kier alpha value is -0.400. The summed E-state index contributed by atoms with van der Waals surface area (Å²) >= 11 is 0. The van der Waals surface area contributed by atoms with Crippen molar-refractivity contribution in [2.75, 3.05) is 92.6 Å². The van der Waals surface area contributed by atoms with E-state index in [0.717, 1.165) is 32.7 Å². The zero-order valence-electron chi connectivity index (χ0n) is 21.8. The lowest BCUT2D eigenvalue weighted by Gasteiger charge is -2.20. The molecule has 0 aromatic carbocycles. The van der Waals surface area contributed by atoms with E-state index in [9.17, 15) is 0 Å². The van der Waals surface area contributed by atoms with Crippen LogP contribution in [0.2, 0.25) is 0 Å². The highest BCUT2D eigenvalue weighted by atomic mass is 16.5. The second-order valence-electron chi connectivity index (χ2n) is 8.43. The van der Waals surface area contributed by atoms with Gasteiger partial charge in [-0.3, -0.25) is 4.90 Å². The zero-order valence-corrected chi connectivity index (χ0v) is 21.8. The summed E-state index contributed by atoms with van der Waals surface area (Å²) in [6, 6.07) is 0. The maximum atomic E-state index is 9.02. The molecule has 0 bridgehead atoms. The first kappa shape index (κ1) is 34.8. The molecule has 4 unspecified atom stereocenters. The maximum Gasteiger partial charge on any atom is 0.0745 e. The molecule has 33 heavy (non-hydrogen) atoms. The first-order valence-corrected chi connectivity index (χ1v) is 12.0. The number of nitrogens with zero attached hydrogens (tertiary/aromatic N) is 2. The van der Waals surface area contributed by atoms with Crippen molar-refractivity contribution in [2.24, 2.45) is 0 Å². The van der Waals surface area contributed by atoms with Gasteiger partial charge in [-0.25, -0.2) is 0 Å². The monoisotopic (exact) mass is 484 g/mol. The predicted octanol–water partition coefficient (Wildman–Crippen LogP) is -0.184. The highest BCUT2D eigenvalue weighted by Crippen LogP contribution is 1.92. The minimum atomic E-state index is -0.403. The van der Waals surface area contributed by atoms with Gasteiger partial charge in [0, 0.05) is 26.2 Å². The van der Waals surface area contributed by atoms with Crippen molar-refractivity contribution in [1.82, 2.24) is 9.80 Å². The maximum absolute atomic E-state index is 9.02. The molecule has 0 aliphatic rings. The largest absolute Gasteiger partial charge is 0.391 e. The third-order valence-electron chi connectivity index (χ3n) is 4.22. The van der Waals surface area contributed by atoms with Crippen molar-refractivity contribution < 1.29 is 39.4 Å². The lowest BCUT2D eigenvalue weighted by atomic mass is 10.4. The smallest absolute Gasteiger partial charge is 0.0745 e. The Morgan fingerprint density at radius 3 is 1.06 bits per heavy atom. The fourth-order valence-corrected chi connectivity index (χ4v) is 2.38. The third kappa shape index (κ3) is 31.6. The van der Waals surface area contributed by atoms with Crippen LogP contribution >= 0.6 is 0 Å². The number of aliphatic hydroxyl groups is 4. The van der Waals surface area contributed by atoms with Crippen LogP contribution in [0, 0.1) is 0 Å². The summed E-state index contributed by atoms with van der Waals surface area (Å²) in [5, 5.41) is 36.0. The highest BCUT2D eigenvalue weighted by Gasteiger charge is 2.04. The summed E-state index contributed by atoms with van der Waals surface area (Å²) in [5.74, 6) is 0. The van der Waals surface area contributed by atoms with Crippen molar-refractivity contribution in [3.8, 4) is 0 Å². The highest BCUT2D eigenvalue weighted by molar-refractivity contribution is 4.55. The van der Waals surface area contributed by atoms with Gasteiger partial charge in [-0.05, 0) is 41.3 Å². The van der Waals surface area contributed by atoms with E-state index in [2.05, 4.69) is 16.7 Å². The van der Waals surface area contributed by atoms with E-state index in [1.807, 2.05) is 7.05 Å². The van der Waals surface area contributed by atoms with Crippen LogP contribution in [-0.2, 0) is 18.9 Å². The van der Waals surface area contributed by atoms with Crippen LogP contribution in [0.25, 0.3) is 0 Å². The molecule has 0 saturated carbocycles. The molecular formula is C23H52N2O8. The molecule has 0 heterocycles. The normalized spacial score (nSPS) is 15.3. The van der Waals surface area contributed by atoms with Gasteiger partial charge in [0.05, 0.1) is 77.3 Å². The van der Waals surface area contributed by atoms with Crippen LogP contribution in [0.5, 0.6) is 0 Å². The van der Waals surface area contributed by atoms with E-state index in [-0.39, 0.29) is 0 Å². The van der Waals surface area contributed by atoms with Crippen molar-refractivity contribution in [1.29, 1.82) is 0 Å². The van der Waals surface area contributed by atoms with Crippen LogP contribution < -0.4 is 0 Å². The number of likely N-dealkylation sites (N-methyl/N-ethyl adjacent to an activating group) is 2. The average molecular weight is 485 g/mol. The molecule has 0 amide bonds. The van der Waals surface area contributed by atoms with Crippen molar-refractivity contribution in [3.63, 3.8) is 0 Å². The molecule has 0 radical (unpaired) electrons. The van der Waals surface area contributed by atoms with Gasteiger partial charge in [-0.2, -0.15) is 0 Å². The standard InChI is InChI=1S/C12H27NO4.C11H25NO4/c1-4-13(5-7-16-9-11(2)14)6-8-17-10-12(3)15;1-10(13)8-15-6-4-12(3)5-7-16-9-11(2)14/h11-12,14-15H,4-10H2,1-3H3;10-11,13-14H,4-9H2,1-3H3. The van der Waals surface area contributed by atoms with Crippen LogP contribution in [-0.4, -0.2) is 147 Å². The first-order valence-electron chi connectivity index (χ1n) is 12.0. The minimum absolute atomic E-state index is 0.381. The van der Waals surface area contributed by atoms with E-state index in [4.69, 9.17) is 39.4 Å². The van der Waals surface area contributed by atoms with Gasteiger partial charge in [0.15, 0.2) is 0 Å². The third-order valence-corrected chi connectivity index (χ3v) is 4.22. The summed E-state index contributed by atoms with van der Waals surface area (Å²) < 4.78 is 21.1. The Morgan fingerprint density at radius 2 is 0.818 bits per heavy atom. The molecular weight excluding hydrogens is 432 g/mol. The summed E-state index contributed by atoms with van der Waals surface area (Å²) in [7, 11) is 1.98. The second-order valence-corrected chi connectivity index (χ2v) is 8.43. The molecule has 0 rings (SSSR count). The SMILES string of the molecule is CC(O)COCCN(C)CCOCC(C)O.CCN(CCOCC(C)O)CCOCC(C)O. The molecule has 0 aliphatic carbocycles.